The second-order valence-corrected chi connectivity index (χ2v) is 4.46. The van der Waals surface area contributed by atoms with Gasteiger partial charge in [-0.05, 0) is 12.1 Å². The van der Waals surface area contributed by atoms with Gasteiger partial charge >= 0.3 is 5.97 Å². The number of aromatic nitrogens is 3. The second-order valence-electron chi connectivity index (χ2n) is 4.46. The Morgan fingerprint density at radius 2 is 1.48 bits per heavy atom. The number of nitrogens with zero attached hydrogens (tertiary/aromatic N) is 2. The Labute approximate surface area is 121 Å². The summed E-state index contributed by atoms with van der Waals surface area (Å²) in [4.78, 5) is 11.4. The van der Waals surface area contributed by atoms with Gasteiger partial charge in [0.1, 0.15) is 11.4 Å². The molecule has 104 valence electrons. The zero-order valence-electron chi connectivity index (χ0n) is 11.4. The summed E-state index contributed by atoms with van der Waals surface area (Å²) in [6.45, 7) is 0. The lowest BCUT2D eigenvalue weighted by Crippen LogP contribution is -2.00. The highest BCUT2D eigenvalue weighted by Crippen LogP contribution is 2.28. The topological polar surface area (TPSA) is 67.9 Å². The number of H-pyrrole nitrogens is 1. The standard InChI is InChI=1S/C16H13N3O2/c1-21-16(20)13-9-7-12(8-10-13)15-14(17-19-18-15)11-5-3-2-4-6-11/h2-10H,1H3,(H,17,18,19). The molecule has 0 bridgehead atoms. The van der Waals surface area contributed by atoms with Crippen molar-refractivity contribution in [1.82, 2.24) is 15.4 Å². The maximum Gasteiger partial charge on any atom is 0.337 e. The molecule has 0 saturated carbocycles. The van der Waals surface area contributed by atoms with Crippen LogP contribution in [0.2, 0.25) is 0 Å². The highest BCUT2D eigenvalue weighted by Gasteiger charge is 2.13. The zero-order chi connectivity index (χ0) is 14.7. The highest BCUT2D eigenvalue weighted by atomic mass is 16.5. The summed E-state index contributed by atoms with van der Waals surface area (Å²) in [5.74, 6) is -0.356. The molecule has 0 saturated heterocycles. The number of carbonyl (C=O) groups is 1. The Kier molecular flexibility index (Phi) is 3.47. The first-order valence-corrected chi connectivity index (χ1v) is 6.44. The van der Waals surface area contributed by atoms with Gasteiger partial charge in [-0.3, -0.25) is 0 Å². The van der Waals surface area contributed by atoms with Crippen molar-refractivity contribution >= 4 is 5.97 Å². The molecule has 0 spiro atoms. The minimum absolute atomic E-state index is 0.356. The van der Waals surface area contributed by atoms with Crippen LogP contribution >= 0.6 is 0 Å². The molecule has 0 aliphatic carbocycles. The third-order valence-electron chi connectivity index (χ3n) is 3.17. The molecule has 3 rings (SSSR count). The lowest BCUT2D eigenvalue weighted by molar-refractivity contribution is 0.0601. The van der Waals surface area contributed by atoms with Gasteiger partial charge in [-0.25, -0.2) is 4.79 Å². The average Bonchev–Trinajstić information content (AvgIpc) is 3.04. The van der Waals surface area contributed by atoms with Gasteiger partial charge in [-0.15, -0.1) is 0 Å². The van der Waals surface area contributed by atoms with Crippen molar-refractivity contribution in [2.24, 2.45) is 0 Å². The first kappa shape index (κ1) is 13.1. The Morgan fingerprint density at radius 1 is 0.905 bits per heavy atom. The van der Waals surface area contributed by atoms with E-state index in [1.807, 2.05) is 42.5 Å². The fraction of sp³-hybridized carbons (Fsp3) is 0.0625. The summed E-state index contributed by atoms with van der Waals surface area (Å²) in [7, 11) is 1.36. The molecule has 0 radical (unpaired) electrons. The van der Waals surface area contributed by atoms with Crippen LogP contribution in [0.3, 0.4) is 0 Å². The van der Waals surface area contributed by atoms with Gasteiger partial charge in [0.15, 0.2) is 0 Å². The SMILES string of the molecule is COC(=O)c1ccc(-c2n[nH]nc2-c2ccccc2)cc1. The van der Waals surface area contributed by atoms with Gasteiger partial charge in [-0.2, -0.15) is 15.4 Å². The van der Waals surface area contributed by atoms with Crippen LogP contribution in [-0.4, -0.2) is 28.5 Å². The fourth-order valence-electron chi connectivity index (χ4n) is 2.11. The number of benzene rings is 2. The van der Waals surface area contributed by atoms with Gasteiger partial charge in [0.05, 0.1) is 12.7 Å². The molecule has 0 aliphatic heterocycles. The van der Waals surface area contributed by atoms with E-state index in [1.54, 1.807) is 12.1 Å². The van der Waals surface area contributed by atoms with Gasteiger partial charge in [0.2, 0.25) is 0 Å². The second kappa shape index (κ2) is 5.58. The molecule has 1 N–H and O–H groups in total. The summed E-state index contributed by atoms with van der Waals surface area (Å²) >= 11 is 0. The maximum atomic E-state index is 11.4. The summed E-state index contributed by atoms with van der Waals surface area (Å²) in [6, 6.07) is 16.9. The Morgan fingerprint density at radius 3 is 2.05 bits per heavy atom. The summed E-state index contributed by atoms with van der Waals surface area (Å²) in [5.41, 5.74) is 3.90. The predicted molar refractivity (Wildman–Crippen MR) is 78.6 cm³/mol. The van der Waals surface area contributed by atoms with Crippen molar-refractivity contribution in [3.63, 3.8) is 0 Å². The molecule has 0 atom stereocenters. The molecule has 5 nitrogen and oxygen atoms in total. The molecule has 0 amide bonds. The van der Waals surface area contributed by atoms with Crippen molar-refractivity contribution < 1.29 is 9.53 Å². The van der Waals surface area contributed by atoms with E-state index in [2.05, 4.69) is 20.1 Å². The number of hydrogen-bond acceptors (Lipinski definition) is 4. The van der Waals surface area contributed by atoms with E-state index in [9.17, 15) is 4.79 Å². The lowest BCUT2D eigenvalue weighted by Gasteiger charge is -2.03. The normalized spacial score (nSPS) is 10.3. The minimum Gasteiger partial charge on any atom is -0.465 e. The molecular formula is C16H13N3O2. The number of hydrogen-bond donors (Lipinski definition) is 1. The molecule has 21 heavy (non-hydrogen) atoms. The fourth-order valence-corrected chi connectivity index (χ4v) is 2.11. The van der Waals surface area contributed by atoms with E-state index in [4.69, 9.17) is 0 Å². The molecule has 3 aromatic rings. The number of rotatable bonds is 3. The summed E-state index contributed by atoms with van der Waals surface area (Å²) in [6.07, 6.45) is 0. The third-order valence-corrected chi connectivity index (χ3v) is 3.17. The van der Waals surface area contributed by atoms with Crippen LogP contribution < -0.4 is 0 Å². The van der Waals surface area contributed by atoms with Crippen molar-refractivity contribution in [2.75, 3.05) is 7.11 Å². The Balaban J connectivity index is 1.99. The summed E-state index contributed by atoms with van der Waals surface area (Å²) < 4.78 is 4.69. The van der Waals surface area contributed by atoms with E-state index < -0.39 is 0 Å². The Bertz CT molecular complexity index is 749. The van der Waals surface area contributed by atoms with Crippen LogP contribution in [0.1, 0.15) is 10.4 Å². The molecule has 2 aromatic carbocycles. The number of ether oxygens (including phenoxy) is 1. The molecule has 0 fully saturated rings. The highest BCUT2D eigenvalue weighted by molar-refractivity contribution is 5.90. The minimum atomic E-state index is -0.356. The molecule has 1 heterocycles. The van der Waals surface area contributed by atoms with E-state index >= 15 is 0 Å². The number of esters is 1. The molecule has 0 unspecified atom stereocenters. The monoisotopic (exact) mass is 279 g/mol. The van der Waals surface area contributed by atoms with Crippen molar-refractivity contribution in [3.05, 3.63) is 60.2 Å². The number of aromatic amines is 1. The van der Waals surface area contributed by atoms with Crippen LogP contribution in [0, 0.1) is 0 Å². The summed E-state index contributed by atoms with van der Waals surface area (Å²) in [5, 5.41) is 11.1. The lowest BCUT2D eigenvalue weighted by atomic mass is 10.0. The average molecular weight is 279 g/mol. The number of methoxy groups -OCH3 is 1. The Hall–Kier alpha value is -2.95. The van der Waals surface area contributed by atoms with Crippen molar-refractivity contribution in [1.29, 1.82) is 0 Å². The van der Waals surface area contributed by atoms with Crippen LogP contribution in [0.25, 0.3) is 22.5 Å². The van der Waals surface area contributed by atoms with E-state index in [0.29, 0.717) is 5.56 Å². The van der Waals surface area contributed by atoms with Gasteiger partial charge in [0, 0.05) is 11.1 Å². The van der Waals surface area contributed by atoms with E-state index in [-0.39, 0.29) is 5.97 Å². The van der Waals surface area contributed by atoms with E-state index in [1.165, 1.54) is 7.11 Å². The number of carbonyl (C=O) groups excluding carboxylic acids is 1. The number of nitrogens with one attached hydrogen (secondary N) is 1. The van der Waals surface area contributed by atoms with E-state index in [0.717, 1.165) is 22.5 Å². The molecule has 0 aliphatic rings. The van der Waals surface area contributed by atoms with Gasteiger partial charge in [0.25, 0.3) is 0 Å². The maximum absolute atomic E-state index is 11.4. The quantitative estimate of drug-likeness (QED) is 0.748. The largest absolute Gasteiger partial charge is 0.465 e. The predicted octanol–water partition coefficient (Wildman–Crippen LogP) is 2.93. The zero-order valence-corrected chi connectivity index (χ0v) is 11.4. The van der Waals surface area contributed by atoms with Crippen LogP contribution in [0.4, 0.5) is 0 Å². The third kappa shape index (κ3) is 2.53. The molecule has 5 heteroatoms. The smallest absolute Gasteiger partial charge is 0.337 e. The van der Waals surface area contributed by atoms with Gasteiger partial charge < -0.3 is 4.74 Å². The van der Waals surface area contributed by atoms with Crippen molar-refractivity contribution in [2.45, 2.75) is 0 Å². The van der Waals surface area contributed by atoms with Crippen LogP contribution in [-0.2, 0) is 4.74 Å². The molecular weight excluding hydrogens is 266 g/mol. The first-order valence-electron chi connectivity index (χ1n) is 6.44. The first-order chi connectivity index (χ1) is 10.3. The van der Waals surface area contributed by atoms with Crippen LogP contribution in [0.5, 0.6) is 0 Å². The van der Waals surface area contributed by atoms with Crippen LogP contribution in [0.15, 0.2) is 54.6 Å². The van der Waals surface area contributed by atoms with Crippen molar-refractivity contribution in [3.8, 4) is 22.5 Å². The van der Waals surface area contributed by atoms with Gasteiger partial charge in [-0.1, -0.05) is 42.5 Å². The molecule has 1 aromatic heterocycles.